The van der Waals surface area contributed by atoms with Crippen molar-refractivity contribution in [2.24, 2.45) is 0 Å². The van der Waals surface area contributed by atoms with Crippen LogP contribution < -0.4 is 23.7 Å². The van der Waals surface area contributed by atoms with Gasteiger partial charge in [-0.1, -0.05) is 158 Å². The van der Waals surface area contributed by atoms with Crippen molar-refractivity contribution in [1.29, 1.82) is 0 Å². The van der Waals surface area contributed by atoms with Crippen molar-refractivity contribution in [3.05, 3.63) is 219 Å². The maximum absolute atomic E-state index is 7.24. The van der Waals surface area contributed by atoms with E-state index in [4.69, 9.17) is 37.9 Å². The van der Waals surface area contributed by atoms with Gasteiger partial charge in [0.05, 0.1) is 25.4 Å². The Bertz CT molecular complexity index is 2450. The van der Waals surface area contributed by atoms with Crippen molar-refractivity contribution < 1.29 is 37.9 Å². The molecule has 1 aliphatic rings. The van der Waals surface area contributed by atoms with E-state index in [-0.39, 0.29) is 0 Å². The van der Waals surface area contributed by atoms with E-state index in [1.807, 2.05) is 183 Å². The van der Waals surface area contributed by atoms with Crippen LogP contribution in [0.15, 0.2) is 180 Å². The first-order valence-electron chi connectivity index (χ1n) is 21.3. The van der Waals surface area contributed by atoms with Gasteiger partial charge in [0.1, 0.15) is 60.4 Å². The van der Waals surface area contributed by atoms with E-state index in [9.17, 15) is 0 Å². The van der Waals surface area contributed by atoms with Crippen molar-refractivity contribution in [3.8, 4) is 28.7 Å². The van der Waals surface area contributed by atoms with Gasteiger partial charge in [0.25, 0.3) is 0 Å². The smallest absolute Gasteiger partial charge is 0.162 e. The number of benzene rings is 7. The highest BCUT2D eigenvalue weighted by molar-refractivity contribution is 9.10. The molecule has 0 fully saturated rings. The van der Waals surface area contributed by atoms with Crippen LogP contribution >= 0.6 is 15.9 Å². The zero-order valence-electron chi connectivity index (χ0n) is 35.3. The SMILES string of the molecule is CCOCCO[C@H]1c2c(OCc3ccccc3)cc(OCc3ccccc3)c(Br)c2O[C@H](c2ccc(OCc3ccccc3)c(OCc3ccccc3)c2)[C@H]1OCc1ccccc1. The molecule has 0 unspecified atom stereocenters. The van der Waals surface area contributed by atoms with Crippen molar-refractivity contribution >= 4 is 15.9 Å². The fourth-order valence-electron chi connectivity index (χ4n) is 7.36. The first-order valence-corrected chi connectivity index (χ1v) is 22.1. The quantitative estimate of drug-likeness (QED) is 0.0660. The summed E-state index contributed by atoms with van der Waals surface area (Å²) in [6.07, 6.45) is -2.03. The molecule has 0 N–H and O–H groups in total. The lowest BCUT2D eigenvalue weighted by Gasteiger charge is -2.41. The molecule has 7 aromatic carbocycles. The average molecular weight is 908 g/mol. The topological polar surface area (TPSA) is 73.8 Å². The first kappa shape index (κ1) is 43.5. The van der Waals surface area contributed by atoms with E-state index >= 15 is 0 Å². The lowest BCUT2D eigenvalue weighted by Crippen LogP contribution is -2.39. The predicted octanol–water partition coefficient (Wildman–Crippen LogP) is 12.6. The second-order valence-electron chi connectivity index (χ2n) is 15.0. The molecule has 1 aliphatic heterocycles. The summed E-state index contributed by atoms with van der Waals surface area (Å²) in [6, 6.07) is 58.3. The molecule has 0 saturated carbocycles. The molecule has 0 radical (unpaired) electrons. The summed E-state index contributed by atoms with van der Waals surface area (Å²) < 4.78 is 53.9. The minimum Gasteiger partial charge on any atom is -0.488 e. The van der Waals surface area contributed by atoms with Crippen LogP contribution in [0.4, 0.5) is 0 Å². The number of hydrogen-bond donors (Lipinski definition) is 0. The Hall–Kier alpha value is -6.10. The predicted molar refractivity (Wildman–Crippen MR) is 247 cm³/mol. The van der Waals surface area contributed by atoms with Gasteiger partial charge in [-0.3, -0.25) is 0 Å². The number of fused-ring (bicyclic) bond motifs is 1. The zero-order chi connectivity index (χ0) is 43.1. The Kier molecular flexibility index (Phi) is 15.4. The molecular weight excluding hydrogens is 856 g/mol. The van der Waals surface area contributed by atoms with Crippen molar-refractivity contribution in [2.45, 2.75) is 58.3 Å². The van der Waals surface area contributed by atoms with Crippen LogP contribution in [0.1, 0.15) is 58.1 Å². The monoisotopic (exact) mass is 906 g/mol. The highest BCUT2D eigenvalue weighted by Crippen LogP contribution is 2.55. The molecule has 322 valence electrons. The van der Waals surface area contributed by atoms with Gasteiger partial charge < -0.3 is 37.9 Å². The molecule has 0 aliphatic carbocycles. The van der Waals surface area contributed by atoms with Gasteiger partial charge in [-0.15, -0.1) is 0 Å². The molecule has 1 heterocycles. The van der Waals surface area contributed by atoms with Gasteiger partial charge in [-0.2, -0.15) is 0 Å². The number of halogens is 1. The zero-order valence-corrected chi connectivity index (χ0v) is 36.9. The summed E-state index contributed by atoms with van der Waals surface area (Å²) in [5, 5.41) is 0. The van der Waals surface area contributed by atoms with Crippen LogP contribution in [-0.2, 0) is 47.2 Å². The van der Waals surface area contributed by atoms with Crippen LogP contribution in [0.5, 0.6) is 28.7 Å². The summed E-state index contributed by atoms with van der Waals surface area (Å²) in [4.78, 5) is 0. The Morgan fingerprint density at radius 2 is 0.921 bits per heavy atom. The molecule has 8 rings (SSSR count). The van der Waals surface area contributed by atoms with Crippen LogP contribution in [0, 0.1) is 0 Å². The molecular formula is C54H51BrO8. The largest absolute Gasteiger partial charge is 0.488 e. The van der Waals surface area contributed by atoms with Crippen molar-refractivity contribution in [2.75, 3.05) is 19.8 Å². The summed E-state index contributed by atoms with van der Waals surface area (Å²) in [5.41, 5.74) is 6.64. The van der Waals surface area contributed by atoms with E-state index in [0.29, 0.717) is 91.6 Å². The number of hydrogen-bond acceptors (Lipinski definition) is 8. The second kappa shape index (κ2) is 22.3. The average Bonchev–Trinajstić information content (AvgIpc) is 3.34. The highest BCUT2D eigenvalue weighted by Gasteiger charge is 2.45. The minimum atomic E-state index is -0.691. The Labute approximate surface area is 378 Å². The van der Waals surface area contributed by atoms with Gasteiger partial charge in [-0.25, -0.2) is 0 Å². The third-order valence-corrected chi connectivity index (χ3v) is 11.3. The molecule has 3 atom stereocenters. The normalized spacial score (nSPS) is 15.5. The van der Waals surface area contributed by atoms with Gasteiger partial charge in [0.15, 0.2) is 17.6 Å². The second-order valence-corrected chi connectivity index (χ2v) is 15.8. The van der Waals surface area contributed by atoms with Crippen LogP contribution in [0.2, 0.25) is 0 Å². The molecule has 63 heavy (non-hydrogen) atoms. The number of rotatable bonds is 21. The molecule has 8 nitrogen and oxygen atoms in total. The van der Waals surface area contributed by atoms with E-state index in [1.165, 1.54) is 0 Å². The summed E-state index contributed by atoms with van der Waals surface area (Å²) in [7, 11) is 0. The van der Waals surface area contributed by atoms with E-state index < -0.39 is 18.3 Å². The lowest BCUT2D eigenvalue weighted by molar-refractivity contribution is -0.144. The Morgan fingerprint density at radius 1 is 0.460 bits per heavy atom. The van der Waals surface area contributed by atoms with Crippen molar-refractivity contribution in [3.63, 3.8) is 0 Å². The molecule has 0 bridgehead atoms. The summed E-state index contributed by atoms with van der Waals surface area (Å²) >= 11 is 3.94. The Balaban J connectivity index is 1.23. The van der Waals surface area contributed by atoms with E-state index in [0.717, 1.165) is 33.4 Å². The van der Waals surface area contributed by atoms with Crippen LogP contribution in [-0.4, -0.2) is 25.9 Å². The van der Waals surface area contributed by atoms with Crippen LogP contribution in [0.25, 0.3) is 0 Å². The minimum absolute atomic E-state index is 0.301. The summed E-state index contributed by atoms with van der Waals surface area (Å²) in [5.74, 6) is 2.84. The molecule has 0 spiro atoms. The fourth-order valence-corrected chi connectivity index (χ4v) is 7.89. The third kappa shape index (κ3) is 11.7. The molecule has 0 amide bonds. The first-order chi connectivity index (χ1) is 31.1. The van der Waals surface area contributed by atoms with Gasteiger partial charge in [-0.05, 0) is 68.4 Å². The fraction of sp³-hybridized carbons (Fsp3) is 0.222. The molecule has 0 saturated heterocycles. The van der Waals surface area contributed by atoms with Crippen LogP contribution in [0.3, 0.4) is 0 Å². The third-order valence-electron chi connectivity index (χ3n) is 10.6. The standard InChI is InChI=1S/C54H51BrO8/c1-2-56-30-31-57-53-49-47(60-36-41-22-12-5-13-23-41)33-48(61-37-42-24-14-6-15-25-42)50(55)52(49)63-51(54(53)62-38-43-26-16-7-17-27-43)44-28-29-45(58-34-39-18-8-3-9-19-39)46(32-44)59-35-40-20-10-4-11-21-40/h3-29,32-33,51,53-54H,2,30-31,34-38H2,1H3/t51-,53+,54-/m1/s1. The lowest BCUT2D eigenvalue weighted by atomic mass is 9.90. The number of ether oxygens (including phenoxy) is 8. The summed E-state index contributed by atoms with van der Waals surface area (Å²) in [6.45, 7) is 4.90. The molecule has 7 aromatic rings. The van der Waals surface area contributed by atoms with E-state index in [1.54, 1.807) is 0 Å². The van der Waals surface area contributed by atoms with Gasteiger partial charge >= 0.3 is 0 Å². The van der Waals surface area contributed by atoms with Crippen molar-refractivity contribution in [1.82, 2.24) is 0 Å². The maximum Gasteiger partial charge on any atom is 0.162 e. The van der Waals surface area contributed by atoms with E-state index in [2.05, 4.69) is 15.9 Å². The highest BCUT2D eigenvalue weighted by atomic mass is 79.9. The van der Waals surface area contributed by atoms with Gasteiger partial charge in [0.2, 0.25) is 0 Å². The Morgan fingerprint density at radius 3 is 1.43 bits per heavy atom. The maximum atomic E-state index is 7.24. The van der Waals surface area contributed by atoms with Gasteiger partial charge in [0, 0.05) is 12.7 Å². The molecule has 9 heteroatoms. The molecule has 0 aromatic heterocycles.